The Labute approximate surface area is 83.6 Å². The lowest BCUT2D eigenvalue weighted by atomic mass is 10.6. The first-order valence-electron chi connectivity index (χ1n) is 4.75. The van der Waals surface area contributed by atoms with Crippen molar-refractivity contribution in [2.24, 2.45) is 0 Å². The van der Waals surface area contributed by atoms with E-state index in [1.54, 1.807) is 0 Å². The Morgan fingerprint density at radius 3 is 2.15 bits per heavy atom. The van der Waals surface area contributed by atoms with E-state index in [9.17, 15) is 0 Å². The summed E-state index contributed by atoms with van der Waals surface area (Å²) in [4.78, 5) is 0. The molecule has 0 atom stereocenters. The standard InChI is InChI=1S/C9H21NO2Si/c1-5-11-9(12-6-2)7-8-13-10(3)4/h7-9H,5-6,13H2,1-4H3. The van der Waals surface area contributed by atoms with E-state index in [0.29, 0.717) is 13.2 Å². The Bertz CT molecular complexity index is 134. The van der Waals surface area contributed by atoms with Crippen LogP contribution >= 0.6 is 0 Å². The maximum absolute atomic E-state index is 5.36. The monoisotopic (exact) mass is 203 g/mol. The highest BCUT2D eigenvalue weighted by molar-refractivity contribution is 6.38. The molecule has 0 aliphatic heterocycles. The molecule has 0 heterocycles. The van der Waals surface area contributed by atoms with E-state index in [0.717, 1.165) is 0 Å². The predicted molar refractivity (Wildman–Crippen MR) is 58.4 cm³/mol. The van der Waals surface area contributed by atoms with Crippen molar-refractivity contribution in [2.45, 2.75) is 20.1 Å². The minimum absolute atomic E-state index is 0.151. The van der Waals surface area contributed by atoms with Crippen LogP contribution in [0.2, 0.25) is 0 Å². The van der Waals surface area contributed by atoms with Gasteiger partial charge in [-0.25, -0.2) is 0 Å². The molecule has 13 heavy (non-hydrogen) atoms. The van der Waals surface area contributed by atoms with Crippen molar-refractivity contribution in [3.8, 4) is 0 Å². The lowest BCUT2D eigenvalue weighted by Gasteiger charge is -2.12. The highest BCUT2D eigenvalue weighted by Gasteiger charge is 2.00. The molecule has 0 aromatic heterocycles. The van der Waals surface area contributed by atoms with Crippen LogP contribution < -0.4 is 0 Å². The Hall–Kier alpha value is -0.163. The zero-order valence-corrected chi connectivity index (χ0v) is 10.5. The van der Waals surface area contributed by atoms with Crippen molar-refractivity contribution < 1.29 is 9.47 Å². The zero-order valence-electron chi connectivity index (χ0n) is 9.12. The number of hydrogen-bond acceptors (Lipinski definition) is 3. The Balaban J connectivity index is 3.71. The lowest BCUT2D eigenvalue weighted by molar-refractivity contribution is -0.103. The molecule has 0 fully saturated rings. The molecule has 78 valence electrons. The third-order valence-electron chi connectivity index (χ3n) is 1.43. The minimum Gasteiger partial charge on any atom is -0.349 e. The third kappa shape index (κ3) is 8.17. The number of rotatable bonds is 7. The van der Waals surface area contributed by atoms with Gasteiger partial charge in [-0.2, -0.15) is 0 Å². The first-order valence-corrected chi connectivity index (χ1v) is 6.20. The van der Waals surface area contributed by atoms with E-state index in [4.69, 9.17) is 9.47 Å². The summed E-state index contributed by atoms with van der Waals surface area (Å²) < 4.78 is 12.9. The van der Waals surface area contributed by atoms with Crippen LogP contribution in [0.5, 0.6) is 0 Å². The third-order valence-corrected chi connectivity index (χ3v) is 2.64. The number of ether oxygens (including phenoxy) is 2. The van der Waals surface area contributed by atoms with E-state index < -0.39 is 0 Å². The summed E-state index contributed by atoms with van der Waals surface area (Å²) in [7, 11) is 3.94. The first-order chi connectivity index (χ1) is 6.20. The van der Waals surface area contributed by atoms with Crippen molar-refractivity contribution in [1.29, 1.82) is 0 Å². The summed E-state index contributed by atoms with van der Waals surface area (Å²) in [5, 5.41) is 0. The molecule has 0 amide bonds. The van der Waals surface area contributed by atoms with Gasteiger partial charge >= 0.3 is 0 Å². The number of nitrogens with zero attached hydrogens (tertiary/aromatic N) is 1. The Morgan fingerprint density at radius 1 is 1.23 bits per heavy atom. The van der Waals surface area contributed by atoms with Crippen LogP contribution in [0.1, 0.15) is 13.8 Å². The Kier molecular flexibility index (Phi) is 8.33. The topological polar surface area (TPSA) is 21.7 Å². The maximum atomic E-state index is 5.36. The summed E-state index contributed by atoms with van der Waals surface area (Å²) in [5.74, 6) is 0. The van der Waals surface area contributed by atoms with Gasteiger partial charge in [0.1, 0.15) is 9.68 Å². The van der Waals surface area contributed by atoms with E-state index in [-0.39, 0.29) is 16.0 Å². The summed E-state index contributed by atoms with van der Waals surface area (Å²) >= 11 is 0. The molecule has 0 rings (SSSR count). The van der Waals surface area contributed by atoms with Crippen LogP contribution in [0.15, 0.2) is 11.8 Å². The summed E-state index contributed by atoms with van der Waals surface area (Å²) in [5.41, 5.74) is 2.19. The molecule has 0 aliphatic rings. The molecular formula is C9H21NO2Si. The molecule has 0 bridgehead atoms. The largest absolute Gasteiger partial charge is 0.349 e. The van der Waals surface area contributed by atoms with Gasteiger partial charge in [0.05, 0.1) is 0 Å². The van der Waals surface area contributed by atoms with Crippen LogP contribution in [0.3, 0.4) is 0 Å². The molecule has 0 spiro atoms. The molecule has 3 nitrogen and oxygen atoms in total. The smallest absolute Gasteiger partial charge is 0.176 e. The van der Waals surface area contributed by atoms with Crippen molar-refractivity contribution in [3.05, 3.63) is 11.8 Å². The highest BCUT2D eigenvalue weighted by Crippen LogP contribution is 1.96. The van der Waals surface area contributed by atoms with Crippen molar-refractivity contribution in [3.63, 3.8) is 0 Å². The molecule has 0 aliphatic carbocycles. The van der Waals surface area contributed by atoms with Gasteiger partial charge in [-0.15, -0.1) is 0 Å². The van der Waals surface area contributed by atoms with Gasteiger partial charge in [0.15, 0.2) is 6.29 Å². The fraction of sp³-hybridized carbons (Fsp3) is 0.778. The summed E-state index contributed by atoms with van der Waals surface area (Å²) in [6.07, 6.45) is 1.86. The molecule has 0 radical (unpaired) electrons. The fourth-order valence-corrected chi connectivity index (χ4v) is 1.64. The highest BCUT2D eigenvalue weighted by atomic mass is 28.2. The predicted octanol–water partition coefficient (Wildman–Crippen LogP) is 0.545. The zero-order chi connectivity index (χ0) is 10.1. The average Bonchev–Trinajstić information content (AvgIpc) is 2.04. The van der Waals surface area contributed by atoms with Crippen molar-refractivity contribution >= 4 is 9.68 Å². The van der Waals surface area contributed by atoms with Crippen LogP contribution in [-0.4, -0.2) is 47.8 Å². The molecule has 0 N–H and O–H groups in total. The maximum Gasteiger partial charge on any atom is 0.176 e. The van der Waals surface area contributed by atoms with Crippen LogP contribution in [0.25, 0.3) is 0 Å². The molecule has 4 heteroatoms. The van der Waals surface area contributed by atoms with Gasteiger partial charge in [-0.05, 0) is 34.0 Å². The van der Waals surface area contributed by atoms with Gasteiger partial charge in [-0.3, -0.25) is 0 Å². The lowest BCUT2D eigenvalue weighted by Crippen LogP contribution is -2.18. The van der Waals surface area contributed by atoms with Gasteiger partial charge in [0.2, 0.25) is 0 Å². The second-order valence-corrected chi connectivity index (χ2v) is 5.07. The minimum atomic E-state index is -0.238. The molecule has 0 aromatic rings. The Morgan fingerprint density at radius 2 is 1.77 bits per heavy atom. The van der Waals surface area contributed by atoms with Gasteiger partial charge in [0.25, 0.3) is 0 Å². The van der Waals surface area contributed by atoms with E-state index in [1.165, 1.54) is 0 Å². The van der Waals surface area contributed by atoms with Gasteiger partial charge in [-0.1, -0.05) is 5.70 Å². The van der Waals surface area contributed by atoms with Crippen LogP contribution in [0, 0.1) is 0 Å². The molecule has 0 saturated carbocycles. The molecule has 0 aromatic carbocycles. The second kappa shape index (κ2) is 8.44. The quantitative estimate of drug-likeness (QED) is 0.445. The van der Waals surface area contributed by atoms with E-state index >= 15 is 0 Å². The van der Waals surface area contributed by atoms with Gasteiger partial charge < -0.3 is 14.0 Å². The SMILES string of the molecule is CCOC(C=C[SiH2]N(C)C)OCC. The molecule has 0 unspecified atom stereocenters. The summed E-state index contributed by atoms with van der Waals surface area (Å²) in [6, 6.07) is 0. The molecule has 0 saturated heterocycles. The van der Waals surface area contributed by atoms with Crippen LogP contribution in [0.4, 0.5) is 0 Å². The summed E-state index contributed by atoms with van der Waals surface area (Å²) in [6.45, 7) is 5.34. The second-order valence-electron chi connectivity index (χ2n) is 2.97. The van der Waals surface area contributed by atoms with Gasteiger partial charge in [0, 0.05) is 13.2 Å². The normalized spacial score (nSPS) is 13.1. The average molecular weight is 203 g/mol. The van der Waals surface area contributed by atoms with Crippen molar-refractivity contribution in [2.75, 3.05) is 27.3 Å². The number of hydrogen-bond donors (Lipinski definition) is 0. The van der Waals surface area contributed by atoms with E-state index in [2.05, 4.69) is 24.4 Å². The van der Waals surface area contributed by atoms with Crippen molar-refractivity contribution in [1.82, 2.24) is 4.57 Å². The fourth-order valence-electron chi connectivity index (χ4n) is 0.871. The molecular weight excluding hydrogens is 182 g/mol. The first kappa shape index (κ1) is 12.8. The van der Waals surface area contributed by atoms with E-state index in [1.807, 2.05) is 19.9 Å². The van der Waals surface area contributed by atoms with Crippen LogP contribution in [-0.2, 0) is 9.47 Å².